The molecule has 0 aliphatic heterocycles. The lowest BCUT2D eigenvalue weighted by Gasteiger charge is -2.20. The van der Waals surface area contributed by atoms with Gasteiger partial charge in [0.25, 0.3) is 0 Å². The molecule has 27 heavy (non-hydrogen) atoms. The highest BCUT2D eigenvalue weighted by Gasteiger charge is 2.31. The molecular formula is C19H19F3N2O2S. The van der Waals surface area contributed by atoms with Gasteiger partial charge in [0.1, 0.15) is 18.9 Å². The van der Waals surface area contributed by atoms with E-state index in [2.05, 4.69) is 11.6 Å². The largest absolute Gasteiger partial charge is 0.487 e. The third kappa shape index (κ3) is 7.26. The molecule has 2 rings (SSSR count). The predicted molar refractivity (Wildman–Crippen MR) is 99.5 cm³/mol. The summed E-state index contributed by atoms with van der Waals surface area (Å²) in [5.41, 5.74) is 1.46. The van der Waals surface area contributed by atoms with Gasteiger partial charge in [0.15, 0.2) is 0 Å². The zero-order valence-corrected chi connectivity index (χ0v) is 15.5. The fraction of sp³-hybridized carbons (Fsp3) is 0.263. The molecule has 1 amide bonds. The summed E-state index contributed by atoms with van der Waals surface area (Å²) in [6.45, 7) is 4.10. The quantitative estimate of drug-likeness (QED) is 0.483. The highest BCUT2D eigenvalue weighted by molar-refractivity contribution is 7.09. The third-order valence-corrected chi connectivity index (χ3v) is 4.18. The van der Waals surface area contributed by atoms with Crippen LogP contribution in [0.5, 0.6) is 5.75 Å². The summed E-state index contributed by atoms with van der Waals surface area (Å²) in [5, 5.41) is 2.86. The van der Waals surface area contributed by atoms with Gasteiger partial charge in [-0.15, -0.1) is 17.9 Å². The number of halogens is 3. The maximum absolute atomic E-state index is 12.6. The van der Waals surface area contributed by atoms with Gasteiger partial charge in [-0.05, 0) is 30.7 Å². The average Bonchev–Trinajstić information content (AvgIpc) is 3.02. The molecule has 0 atom stereocenters. The lowest BCUT2D eigenvalue weighted by Crippen LogP contribution is -2.38. The molecule has 0 radical (unpaired) electrons. The van der Waals surface area contributed by atoms with Crippen molar-refractivity contribution >= 4 is 23.3 Å². The maximum Gasteiger partial charge on any atom is 0.406 e. The fourth-order valence-corrected chi connectivity index (χ4v) is 2.81. The third-order valence-electron chi connectivity index (χ3n) is 3.36. The van der Waals surface area contributed by atoms with Gasteiger partial charge in [0, 0.05) is 18.0 Å². The Balaban J connectivity index is 2.00. The van der Waals surface area contributed by atoms with Crippen molar-refractivity contribution in [2.45, 2.75) is 19.7 Å². The van der Waals surface area contributed by atoms with Crippen LogP contribution in [0.4, 0.5) is 13.2 Å². The number of hydrogen-bond acceptors (Lipinski definition) is 4. The van der Waals surface area contributed by atoms with Crippen molar-refractivity contribution in [2.75, 3.05) is 13.1 Å². The minimum atomic E-state index is -4.46. The first-order valence-electron chi connectivity index (χ1n) is 8.05. The number of hydrogen-bond donors (Lipinski definition) is 0. The van der Waals surface area contributed by atoms with Crippen LogP contribution in [0.25, 0.3) is 6.08 Å². The van der Waals surface area contributed by atoms with Gasteiger partial charge < -0.3 is 9.64 Å². The molecule has 0 aliphatic carbocycles. The second-order valence-electron chi connectivity index (χ2n) is 5.67. The number of carbonyl (C=O) groups excluding carboxylic acids is 1. The Bertz CT molecular complexity index is 815. The number of alkyl halides is 3. The lowest BCUT2D eigenvalue weighted by molar-refractivity contribution is -0.157. The Morgan fingerprint density at radius 3 is 2.81 bits per heavy atom. The zero-order chi connectivity index (χ0) is 19.9. The molecule has 2 aromatic rings. The molecule has 0 aliphatic rings. The summed E-state index contributed by atoms with van der Waals surface area (Å²) >= 11 is 1.53. The van der Waals surface area contributed by atoms with E-state index >= 15 is 0 Å². The van der Waals surface area contributed by atoms with Gasteiger partial charge in [0.05, 0.1) is 10.7 Å². The normalized spacial score (nSPS) is 11.6. The summed E-state index contributed by atoms with van der Waals surface area (Å²) in [4.78, 5) is 17.0. The van der Waals surface area contributed by atoms with E-state index < -0.39 is 18.6 Å². The number of thiazole rings is 1. The van der Waals surface area contributed by atoms with Crippen molar-refractivity contribution in [3.63, 3.8) is 0 Å². The number of carbonyl (C=O) groups is 1. The van der Waals surface area contributed by atoms with Gasteiger partial charge in [-0.25, -0.2) is 4.98 Å². The summed E-state index contributed by atoms with van der Waals surface area (Å²) in [7, 11) is 0. The number of aryl methyl sites for hydroxylation is 1. The Labute approximate surface area is 159 Å². The van der Waals surface area contributed by atoms with E-state index in [1.807, 2.05) is 12.3 Å². The zero-order valence-electron chi connectivity index (χ0n) is 14.7. The number of rotatable bonds is 8. The monoisotopic (exact) mass is 396 g/mol. The summed E-state index contributed by atoms with van der Waals surface area (Å²) < 4.78 is 43.3. The number of nitrogens with zero attached hydrogens (tertiary/aromatic N) is 2. The van der Waals surface area contributed by atoms with Crippen molar-refractivity contribution in [2.24, 2.45) is 0 Å². The molecule has 144 valence electrons. The summed E-state index contributed by atoms with van der Waals surface area (Å²) in [6.07, 6.45) is -0.646. The van der Waals surface area contributed by atoms with E-state index in [0.29, 0.717) is 22.8 Å². The number of aromatic nitrogens is 1. The smallest absolute Gasteiger partial charge is 0.406 e. The molecule has 8 heteroatoms. The van der Waals surface area contributed by atoms with Gasteiger partial charge in [0.2, 0.25) is 5.91 Å². The van der Waals surface area contributed by atoms with E-state index in [0.717, 1.165) is 16.8 Å². The molecule has 1 heterocycles. The van der Waals surface area contributed by atoms with E-state index in [4.69, 9.17) is 4.74 Å². The van der Waals surface area contributed by atoms with E-state index in [9.17, 15) is 18.0 Å². The maximum atomic E-state index is 12.6. The number of benzene rings is 1. The highest BCUT2D eigenvalue weighted by Crippen LogP contribution is 2.19. The average molecular weight is 396 g/mol. The Kier molecular flexibility index (Phi) is 7.18. The highest BCUT2D eigenvalue weighted by atomic mass is 32.1. The number of ether oxygens (including phenoxy) is 1. The Morgan fingerprint density at radius 2 is 2.19 bits per heavy atom. The first kappa shape index (κ1) is 20.7. The van der Waals surface area contributed by atoms with E-state index in [1.54, 1.807) is 24.3 Å². The van der Waals surface area contributed by atoms with Crippen LogP contribution in [0.2, 0.25) is 0 Å². The van der Waals surface area contributed by atoms with Crippen LogP contribution < -0.4 is 4.74 Å². The minimum absolute atomic E-state index is 0.182. The van der Waals surface area contributed by atoms with Crippen LogP contribution in [-0.4, -0.2) is 35.1 Å². The second-order valence-corrected chi connectivity index (χ2v) is 6.74. The van der Waals surface area contributed by atoms with Crippen LogP contribution in [0.3, 0.4) is 0 Å². The summed E-state index contributed by atoms with van der Waals surface area (Å²) in [6, 6.07) is 6.92. The van der Waals surface area contributed by atoms with Crippen LogP contribution in [0, 0.1) is 6.92 Å². The lowest BCUT2D eigenvalue weighted by atomic mass is 10.2. The molecule has 0 saturated carbocycles. The Morgan fingerprint density at radius 1 is 1.41 bits per heavy atom. The molecule has 4 nitrogen and oxygen atoms in total. The number of amides is 1. The van der Waals surface area contributed by atoms with Crippen LogP contribution in [0.15, 0.2) is 48.4 Å². The first-order chi connectivity index (χ1) is 12.8. The molecule has 0 N–H and O–H groups in total. The van der Waals surface area contributed by atoms with Gasteiger partial charge in [-0.2, -0.15) is 13.2 Å². The topological polar surface area (TPSA) is 42.4 Å². The summed E-state index contributed by atoms with van der Waals surface area (Å²) in [5.74, 6) is -0.162. The van der Waals surface area contributed by atoms with Gasteiger partial charge in [-0.3, -0.25) is 4.79 Å². The molecule has 1 aromatic carbocycles. The predicted octanol–water partition coefficient (Wildman–Crippen LogP) is 4.62. The molecule has 0 saturated heterocycles. The van der Waals surface area contributed by atoms with Crippen molar-refractivity contribution in [1.29, 1.82) is 0 Å². The fourth-order valence-electron chi connectivity index (χ4n) is 2.22. The molecule has 0 bridgehead atoms. The molecule has 0 spiro atoms. The van der Waals surface area contributed by atoms with Crippen molar-refractivity contribution in [3.8, 4) is 5.75 Å². The Hall–Kier alpha value is -2.61. The van der Waals surface area contributed by atoms with Gasteiger partial charge in [-0.1, -0.05) is 18.2 Å². The minimum Gasteiger partial charge on any atom is -0.487 e. The molecular weight excluding hydrogens is 377 g/mol. The first-order valence-corrected chi connectivity index (χ1v) is 8.93. The van der Waals surface area contributed by atoms with Crippen molar-refractivity contribution < 1.29 is 22.7 Å². The second kappa shape index (κ2) is 9.36. The standard InChI is InChI=1S/C19H19F3N2O2S/c1-3-9-24(13-19(20,21)22)18(25)8-7-15-5-4-6-17(10-15)26-11-16-12-27-14(2)23-16/h3-8,10,12H,1,9,11,13H2,2H3/b8-7+. The SMILES string of the molecule is C=CCN(CC(F)(F)F)C(=O)/C=C/c1cccc(OCc2csc(C)n2)c1. The van der Waals surface area contributed by atoms with Crippen molar-refractivity contribution in [3.05, 3.63) is 64.6 Å². The molecule has 0 fully saturated rings. The van der Waals surface area contributed by atoms with E-state index in [1.165, 1.54) is 23.5 Å². The van der Waals surface area contributed by atoms with Crippen LogP contribution in [-0.2, 0) is 11.4 Å². The van der Waals surface area contributed by atoms with Crippen LogP contribution in [0.1, 0.15) is 16.3 Å². The van der Waals surface area contributed by atoms with Gasteiger partial charge >= 0.3 is 6.18 Å². The van der Waals surface area contributed by atoms with Crippen LogP contribution >= 0.6 is 11.3 Å². The molecule has 1 aromatic heterocycles. The van der Waals surface area contributed by atoms with Crippen molar-refractivity contribution in [1.82, 2.24) is 9.88 Å². The van der Waals surface area contributed by atoms with E-state index in [-0.39, 0.29) is 6.54 Å². The molecule has 0 unspecified atom stereocenters.